The first kappa shape index (κ1) is 40.2. The van der Waals surface area contributed by atoms with Crippen LogP contribution in [-0.4, -0.2) is 63.9 Å². The summed E-state index contributed by atoms with van der Waals surface area (Å²) < 4.78 is 22.7. The van der Waals surface area contributed by atoms with Gasteiger partial charge in [-0.2, -0.15) is 0 Å². The smallest absolute Gasteiger partial charge is 0.311 e. The summed E-state index contributed by atoms with van der Waals surface area (Å²) >= 11 is 0. The number of hydrogen-bond acceptors (Lipinski definition) is 8. The van der Waals surface area contributed by atoms with Crippen molar-refractivity contribution >= 4 is 17.8 Å². The van der Waals surface area contributed by atoms with Crippen LogP contribution in [0.1, 0.15) is 87.1 Å². The van der Waals surface area contributed by atoms with Gasteiger partial charge in [0.05, 0.1) is 24.5 Å². The molecular weight excluding hydrogens is 574 g/mol. The van der Waals surface area contributed by atoms with E-state index in [1.807, 2.05) is 32.0 Å². The van der Waals surface area contributed by atoms with Gasteiger partial charge in [0, 0.05) is 38.6 Å². The average molecular weight is 636 g/mol. The zero-order valence-electron chi connectivity index (χ0n) is 29.7. The molecule has 5 N–H and O–H groups in total. The van der Waals surface area contributed by atoms with Gasteiger partial charge < -0.3 is 35.7 Å². The van der Waals surface area contributed by atoms with Crippen LogP contribution >= 0.6 is 0 Å². The zero-order chi connectivity index (χ0) is 34.5. The number of benzene rings is 1. The Bertz CT molecular complexity index is 1080. The van der Waals surface area contributed by atoms with Gasteiger partial charge in [0.25, 0.3) is 0 Å². The molecule has 1 aromatic carbocycles. The Hall–Kier alpha value is -2.85. The van der Waals surface area contributed by atoms with Crippen LogP contribution in [-0.2, 0) is 30.3 Å². The first-order valence-corrected chi connectivity index (χ1v) is 16.2. The Balaban J connectivity index is 3.23. The minimum absolute atomic E-state index is 0.0627. The summed E-state index contributed by atoms with van der Waals surface area (Å²) in [5.74, 6) is 0.148. The zero-order valence-corrected chi connectivity index (χ0v) is 29.7. The van der Waals surface area contributed by atoms with Crippen LogP contribution in [0.15, 0.2) is 18.2 Å². The molecule has 4 atom stereocenters. The van der Waals surface area contributed by atoms with Gasteiger partial charge in [-0.3, -0.25) is 14.4 Å². The highest BCUT2D eigenvalue weighted by atomic mass is 16.5. The van der Waals surface area contributed by atoms with Gasteiger partial charge in [-0.1, -0.05) is 33.8 Å². The predicted molar refractivity (Wildman–Crippen MR) is 178 cm³/mol. The average Bonchev–Trinajstić information content (AvgIpc) is 2.94. The van der Waals surface area contributed by atoms with Gasteiger partial charge in [0.1, 0.15) is 6.10 Å². The van der Waals surface area contributed by atoms with E-state index in [1.165, 1.54) is 0 Å². The summed E-state index contributed by atoms with van der Waals surface area (Å²) in [7, 11) is 3.28. The molecule has 0 spiro atoms. The number of carbonyl (C=O) groups is 3. The van der Waals surface area contributed by atoms with E-state index in [2.05, 4.69) is 19.2 Å². The van der Waals surface area contributed by atoms with Crippen LogP contribution in [0.4, 0.5) is 0 Å². The number of ether oxygens (including phenoxy) is 4. The second-order valence-corrected chi connectivity index (χ2v) is 14.5. The minimum Gasteiger partial charge on any atom is -0.493 e. The third kappa shape index (κ3) is 13.6. The summed E-state index contributed by atoms with van der Waals surface area (Å²) in [6.45, 7) is 18.2. The maximum absolute atomic E-state index is 13.4. The number of hydrogen-bond donors (Lipinski definition) is 3. The van der Waals surface area contributed by atoms with Crippen LogP contribution in [0.25, 0.3) is 0 Å². The Morgan fingerprint density at radius 1 is 0.911 bits per heavy atom. The van der Waals surface area contributed by atoms with Crippen molar-refractivity contribution in [1.29, 1.82) is 0 Å². The molecule has 0 bridgehead atoms. The molecule has 2 amide bonds. The molecule has 0 saturated carbocycles. The summed E-state index contributed by atoms with van der Waals surface area (Å²) in [6.07, 6.45) is 1.66. The number of methoxy groups -OCH3 is 2. The monoisotopic (exact) mass is 635 g/mol. The Morgan fingerprint density at radius 2 is 1.56 bits per heavy atom. The number of nitrogens with one attached hydrogen (secondary N) is 1. The van der Waals surface area contributed by atoms with E-state index >= 15 is 0 Å². The standard InChI is InChI=1S/C35H61N3O7/c1-22(2)25(17-24-13-14-28(43-11)30(18-24)44-16-12-15-42-10)19-27(36)29(45-33(41)34(5,6)7)20-26(23(3)4)31(39)38-21-35(8,9)32(37)40/h13-14,18,22-23,25-27,29H,12,15-17,19-21,36H2,1-11H3,(H2,37,40)(H,38,39)/t25-,26-,27-,29-/m0/s1. The summed E-state index contributed by atoms with van der Waals surface area (Å²) in [6, 6.07) is 5.45. The molecule has 0 unspecified atom stereocenters. The number of rotatable bonds is 20. The maximum atomic E-state index is 13.4. The summed E-state index contributed by atoms with van der Waals surface area (Å²) in [5, 5.41) is 2.89. The highest BCUT2D eigenvalue weighted by molar-refractivity contribution is 5.83. The van der Waals surface area contributed by atoms with Crippen molar-refractivity contribution < 1.29 is 33.3 Å². The molecule has 45 heavy (non-hydrogen) atoms. The first-order valence-electron chi connectivity index (χ1n) is 16.2. The predicted octanol–water partition coefficient (Wildman–Crippen LogP) is 4.89. The molecule has 0 aliphatic rings. The highest BCUT2D eigenvalue weighted by Crippen LogP contribution is 2.33. The van der Waals surface area contributed by atoms with Gasteiger partial charge in [-0.25, -0.2) is 0 Å². The van der Waals surface area contributed by atoms with Gasteiger partial charge in [-0.15, -0.1) is 0 Å². The molecule has 0 heterocycles. The molecule has 0 aliphatic carbocycles. The lowest BCUT2D eigenvalue weighted by Crippen LogP contribution is -2.48. The van der Waals surface area contributed by atoms with E-state index in [-0.39, 0.29) is 42.6 Å². The molecule has 10 nitrogen and oxygen atoms in total. The number of amides is 2. The lowest BCUT2D eigenvalue weighted by Gasteiger charge is -2.34. The molecule has 1 aromatic rings. The largest absolute Gasteiger partial charge is 0.493 e. The third-order valence-corrected chi connectivity index (χ3v) is 8.34. The molecular formula is C35H61N3O7. The van der Waals surface area contributed by atoms with E-state index < -0.39 is 34.8 Å². The van der Waals surface area contributed by atoms with E-state index in [1.54, 1.807) is 48.8 Å². The third-order valence-electron chi connectivity index (χ3n) is 8.34. The van der Waals surface area contributed by atoms with Crippen molar-refractivity contribution in [2.75, 3.05) is 34.0 Å². The first-order chi connectivity index (χ1) is 20.8. The fourth-order valence-electron chi connectivity index (χ4n) is 4.82. The van der Waals surface area contributed by atoms with Gasteiger partial charge in [0.2, 0.25) is 11.8 Å². The normalized spacial score (nSPS) is 14.9. The molecule has 1 rings (SSSR count). The topological polar surface area (TPSA) is 152 Å². The second-order valence-electron chi connectivity index (χ2n) is 14.5. The Morgan fingerprint density at radius 3 is 2.07 bits per heavy atom. The van der Waals surface area contributed by atoms with Crippen molar-refractivity contribution in [3.05, 3.63) is 23.8 Å². The molecule has 0 saturated heterocycles. The van der Waals surface area contributed by atoms with E-state index in [0.717, 1.165) is 18.4 Å². The van der Waals surface area contributed by atoms with Crippen LogP contribution in [0.2, 0.25) is 0 Å². The molecule has 0 radical (unpaired) electrons. The molecule has 0 aliphatic heterocycles. The number of carbonyl (C=O) groups excluding carboxylic acids is 3. The van der Waals surface area contributed by atoms with E-state index in [4.69, 9.17) is 30.4 Å². The highest BCUT2D eigenvalue weighted by Gasteiger charge is 2.36. The molecule has 0 aromatic heterocycles. The van der Waals surface area contributed by atoms with Gasteiger partial charge >= 0.3 is 5.97 Å². The number of esters is 1. The van der Waals surface area contributed by atoms with Gasteiger partial charge in [-0.05, 0) is 89.3 Å². The van der Waals surface area contributed by atoms with Gasteiger partial charge in [0.15, 0.2) is 11.5 Å². The van der Waals surface area contributed by atoms with Crippen LogP contribution in [0.5, 0.6) is 11.5 Å². The van der Waals surface area contributed by atoms with Crippen molar-refractivity contribution in [3.8, 4) is 11.5 Å². The summed E-state index contributed by atoms with van der Waals surface area (Å²) in [5.41, 5.74) is 11.8. The molecule has 258 valence electrons. The lowest BCUT2D eigenvalue weighted by atomic mass is 9.80. The lowest BCUT2D eigenvalue weighted by molar-refractivity contribution is -0.162. The SMILES string of the molecule is COCCCOc1cc(C[C@@H](C[C@H](N)[C@H](C[C@H](C(=O)NCC(C)(C)C(N)=O)C(C)C)OC(=O)C(C)(C)C)C(C)C)ccc1OC. The summed E-state index contributed by atoms with van der Waals surface area (Å²) in [4.78, 5) is 38.3. The minimum atomic E-state index is -0.896. The maximum Gasteiger partial charge on any atom is 0.311 e. The van der Waals surface area contributed by atoms with Crippen molar-refractivity contribution in [1.82, 2.24) is 5.32 Å². The Kier molecular flexibility index (Phi) is 16.4. The van der Waals surface area contributed by atoms with Crippen molar-refractivity contribution in [2.45, 2.75) is 100 Å². The molecule has 0 fully saturated rings. The van der Waals surface area contributed by atoms with Crippen LogP contribution < -0.4 is 26.3 Å². The fraction of sp³-hybridized carbons (Fsp3) is 0.743. The van der Waals surface area contributed by atoms with Crippen LogP contribution in [0, 0.1) is 34.5 Å². The number of nitrogens with two attached hydrogens (primary N) is 2. The quantitative estimate of drug-likeness (QED) is 0.135. The van der Waals surface area contributed by atoms with E-state index in [9.17, 15) is 14.4 Å². The van der Waals surface area contributed by atoms with Crippen molar-refractivity contribution in [2.24, 2.45) is 46.0 Å². The van der Waals surface area contributed by atoms with Crippen LogP contribution in [0.3, 0.4) is 0 Å². The molecule has 10 heteroatoms. The van der Waals surface area contributed by atoms with Crippen molar-refractivity contribution in [3.63, 3.8) is 0 Å². The number of primary amides is 1. The second kappa shape index (κ2) is 18.3. The van der Waals surface area contributed by atoms with E-state index in [0.29, 0.717) is 31.1 Å². The fourth-order valence-corrected chi connectivity index (χ4v) is 4.82. The Labute approximate surface area is 271 Å².